The Balaban J connectivity index is 1.30. The zero-order valence-corrected chi connectivity index (χ0v) is 33.1. The van der Waals surface area contributed by atoms with Gasteiger partial charge in [-0.3, -0.25) is 0 Å². The van der Waals surface area contributed by atoms with Crippen LogP contribution in [0.25, 0.3) is 88.4 Å². The van der Waals surface area contributed by atoms with Crippen LogP contribution in [0.3, 0.4) is 0 Å². The number of nitriles is 3. The molecule has 0 saturated carbocycles. The summed E-state index contributed by atoms with van der Waals surface area (Å²) < 4.78 is 90.1. The molecule has 0 aliphatic carbocycles. The lowest BCUT2D eigenvalue weighted by atomic mass is 9.96. The van der Waals surface area contributed by atoms with Crippen molar-refractivity contribution < 1.29 is 26.3 Å². The Bertz CT molecular complexity index is 3440. The minimum Gasteiger partial charge on any atom is -0.308 e. The van der Waals surface area contributed by atoms with Gasteiger partial charge in [0.05, 0.1) is 67.8 Å². The van der Waals surface area contributed by atoms with Crippen LogP contribution in [0.15, 0.2) is 164 Å². The van der Waals surface area contributed by atoms with Crippen molar-refractivity contribution in [2.75, 3.05) is 0 Å². The number of aromatic nitrogens is 2. The molecule has 0 bridgehead atoms. The summed E-state index contributed by atoms with van der Waals surface area (Å²) >= 11 is 0. The van der Waals surface area contributed by atoms with Gasteiger partial charge in [0.1, 0.15) is 11.6 Å². The van der Waals surface area contributed by atoms with Crippen molar-refractivity contribution in [1.29, 1.82) is 15.8 Å². The Morgan fingerprint density at radius 2 is 0.719 bits per heavy atom. The maximum Gasteiger partial charge on any atom is 0.416 e. The first-order valence-electron chi connectivity index (χ1n) is 19.8. The highest BCUT2D eigenvalue weighted by Crippen LogP contribution is 2.44. The summed E-state index contributed by atoms with van der Waals surface area (Å²) in [5, 5.41) is 33.2. The number of fused-ring (bicyclic) bond motifs is 6. The van der Waals surface area contributed by atoms with Crippen LogP contribution < -0.4 is 0 Å². The molecule has 0 spiro atoms. The second kappa shape index (κ2) is 14.8. The van der Waals surface area contributed by atoms with Crippen LogP contribution in [-0.4, -0.2) is 9.13 Å². The smallest absolute Gasteiger partial charge is 0.308 e. The summed E-state index contributed by atoms with van der Waals surface area (Å²) in [6.07, 6.45) is -10.2. The Hall–Kier alpha value is -8.59. The van der Waals surface area contributed by atoms with Crippen LogP contribution in [0.5, 0.6) is 0 Å². The van der Waals surface area contributed by atoms with E-state index in [2.05, 4.69) is 18.2 Å². The molecule has 64 heavy (non-hydrogen) atoms. The molecule has 0 saturated heterocycles. The Morgan fingerprint density at radius 1 is 0.344 bits per heavy atom. The summed E-state index contributed by atoms with van der Waals surface area (Å²) in [6, 6.07) is 51.7. The molecule has 8 aromatic carbocycles. The highest BCUT2D eigenvalue weighted by Gasteiger charge is 2.37. The van der Waals surface area contributed by atoms with E-state index in [0.29, 0.717) is 45.3 Å². The molecule has 10 rings (SSSR count). The normalized spacial score (nSPS) is 11.9. The van der Waals surface area contributed by atoms with Gasteiger partial charge in [0.15, 0.2) is 0 Å². The molecule has 0 atom stereocenters. The van der Waals surface area contributed by atoms with Gasteiger partial charge in [-0.25, -0.2) is 0 Å². The molecule has 0 fully saturated rings. The summed E-state index contributed by atoms with van der Waals surface area (Å²) in [7, 11) is 0. The predicted molar refractivity (Wildman–Crippen MR) is 236 cm³/mol. The van der Waals surface area contributed by atoms with Gasteiger partial charge in [0, 0.05) is 21.5 Å². The van der Waals surface area contributed by atoms with Crippen molar-refractivity contribution in [2.24, 2.45) is 0 Å². The maximum absolute atomic E-state index is 14.4. The van der Waals surface area contributed by atoms with E-state index in [4.69, 9.17) is 0 Å². The van der Waals surface area contributed by atoms with E-state index in [1.165, 1.54) is 12.1 Å². The minimum atomic E-state index is -5.10. The van der Waals surface area contributed by atoms with Crippen LogP contribution in [-0.2, 0) is 12.4 Å². The van der Waals surface area contributed by atoms with Crippen molar-refractivity contribution in [1.82, 2.24) is 9.13 Å². The number of para-hydroxylation sites is 2. The fourth-order valence-corrected chi connectivity index (χ4v) is 8.67. The van der Waals surface area contributed by atoms with Crippen molar-refractivity contribution in [2.45, 2.75) is 12.4 Å². The summed E-state index contributed by atoms with van der Waals surface area (Å²) in [5.41, 5.74) is 4.23. The van der Waals surface area contributed by atoms with Crippen LogP contribution >= 0.6 is 0 Å². The molecule has 2 heterocycles. The fraction of sp³-hybridized carbons (Fsp3) is 0.0377. The van der Waals surface area contributed by atoms with E-state index in [1.807, 2.05) is 118 Å². The zero-order valence-electron chi connectivity index (χ0n) is 33.1. The van der Waals surface area contributed by atoms with Crippen molar-refractivity contribution in [3.8, 4) is 63.0 Å². The monoisotopic (exact) mass is 847 g/mol. The molecular weight excluding hydrogens is 821 g/mol. The predicted octanol–water partition coefficient (Wildman–Crippen LogP) is 14.5. The quantitative estimate of drug-likeness (QED) is 0.162. The van der Waals surface area contributed by atoms with Gasteiger partial charge in [-0.2, -0.15) is 42.1 Å². The number of benzene rings is 8. The van der Waals surface area contributed by atoms with Gasteiger partial charge in [-0.1, -0.05) is 72.8 Å². The number of alkyl halides is 6. The number of hydrogen-bond donors (Lipinski definition) is 0. The molecule has 0 aliphatic heterocycles. The molecule has 2 aromatic heterocycles. The zero-order chi connectivity index (χ0) is 44.5. The van der Waals surface area contributed by atoms with E-state index >= 15 is 0 Å². The Morgan fingerprint density at radius 3 is 1.11 bits per heavy atom. The highest BCUT2D eigenvalue weighted by molar-refractivity contribution is 6.12. The highest BCUT2D eigenvalue weighted by atomic mass is 19.4. The van der Waals surface area contributed by atoms with Crippen LogP contribution in [0.4, 0.5) is 26.3 Å². The maximum atomic E-state index is 14.4. The molecule has 0 aliphatic rings. The molecule has 0 N–H and O–H groups in total. The molecule has 5 nitrogen and oxygen atoms in total. The summed E-state index contributed by atoms with van der Waals surface area (Å²) in [5.74, 6) is 0. The molecule has 0 amide bonds. The van der Waals surface area contributed by atoms with Crippen molar-refractivity contribution in [3.05, 3.63) is 192 Å². The second-order valence-electron chi connectivity index (χ2n) is 15.3. The summed E-state index contributed by atoms with van der Waals surface area (Å²) in [6.45, 7) is 0. The average molecular weight is 848 g/mol. The number of halogens is 6. The van der Waals surface area contributed by atoms with Gasteiger partial charge in [0.25, 0.3) is 0 Å². The third-order valence-electron chi connectivity index (χ3n) is 11.7. The topological polar surface area (TPSA) is 81.2 Å². The number of hydrogen-bond acceptors (Lipinski definition) is 3. The SMILES string of the molecule is N#Cc1ccc(-c2ccc3c(c2)c2ccccc2n3-c2cc(-c3cc(C(F)(F)F)cc(C(F)(F)F)c3)cc(-n3c4ccccc4c4cc(-c5ccc(C#N)cc5)ccc43)c2C#N)cc1. The van der Waals surface area contributed by atoms with Gasteiger partial charge < -0.3 is 9.13 Å². The van der Waals surface area contributed by atoms with Gasteiger partial charge in [0.2, 0.25) is 0 Å². The van der Waals surface area contributed by atoms with Crippen LogP contribution in [0.2, 0.25) is 0 Å². The second-order valence-corrected chi connectivity index (χ2v) is 15.3. The molecule has 11 heteroatoms. The van der Waals surface area contributed by atoms with E-state index in [-0.39, 0.29) is 34.1 Å². The molecule has 306 valence electrons. The van der Waals surface area contributed by atoms with Crippen molar-refractivity contribution >= 4 is 43.6 Å². The first-order valence-corrected chi connectivity index (χ1v) is 19.8. The van der Waals surface area contributed by atoms with E-state index in [9.17, 15) is 42.1 Å². The van der Waals surface area contributed by atoms with Gasteiger partial charge >= 0.3 is 12.4 Å². The first-order chi connectivity index (χ1) is 30.8. The van der Waals surface area contributed by atoms with Crippen molar-refractivity contribution in [3.63, 3.8) is 0 Å². The van der Waals surface area contributed by atoms with Gasteiger partial charge in [-0.05, 0) is 124 Å². The van der Waals surface area contributed by atoms with Crippen LogP contribution in [0, 0.1) is 34.0 Å². The number of rotatable bonds is 5. The molecule has 0 radical (unpaired) electrons. The minimum absolute atomic E-state index is 0.0147. The third kappa shape index (κ3) is 6.57. The lowest BCUT2D eigenvalue weighted by molar-refractivity contribution is -0.143. The molecule has 0 unspecified atom stereocenters. The largest absolute Gasteiger partial charge is 0.416 e. The fourth-order valence-electron chi connectivity index (χ4n) is 8.67. The summed E-state index contributed by atoms with van der Waals surface area (Å²) in [4.78, 5) is 0. The van der Waals surface area contributed by atoms with Crippen LogP contribution in [0.1, 0.15) is 27.8 Å². The van der Waals surface area contributed by atoms with E-state index < -0.39 is 23.5 Å². The average Bonchev–Trinajstić information content (AvgIpc) is 3.82. The molecule has 10 aromatic rings. The first kappa shape index (κ1) is 39.5. The lowest BCUT2D eigenvalue weighted by Gasteiger charge is -2.20. The molecular formula is C53H27F6N5. The van der Waals surface area contributed by atoms with E-state index in [1.54, 1.807) is 24.3 Å². The Kier molecular flexibility index (Phi) is 9.14. The Labute approximate surface area is 360 Å². The van der Waals surface area contributed by atoms with Gasteiger partial charge in [-0.15, -0.1) is 0 Å². The standard InChI is InChI=1S/C53H27F6N5/c54-52(55,56)39-21-37(22-40(27-39)53(57,58)59)38-25-50(63-46-7-3-1-5-41(46)43-23-35(17-19-48(43)63)33-13-9-31(28-60)10-14-33)45(30-62)51(26-38)64-47-8-4-2-6-42(47)44-24-36(18-20-49(44)64)34-15-11-32(29-61)12-16-34/h1-27H. The third-order valence-corrected chi connectivity index (χ3v) is 11.7. The van der Waals surface area contributed by atoms with E-state index in [0.717, 1.165) is 43.8 Å². The number of nitrogens with zero attached hydrogens (tertiary/aromatic N) is 5. The lowest BCUT2D eigenvalue weighted by Crippen LogP contribution is -2.11.